The standard InChI is InChI=1S/C19H25F2N3O3S.C19H27N3O4S.C19H25N3O3S.C19H23N3O3S/c1-11(18(20)21)24-9-14(10-24)28(26,27)23-19(25)22-17-15-6-2-4-12(15)8-13-5-3-7-16(13)17;23-9-3-8-22-11-15(12-22)27(25,26)21-19(24)20-18-16-6-1-4-13(16)10-14-5-2-7-17(14)18;2*1-2-9-22-11-15(12-22)26(24,25)21-19(23)20-18-16-7-3-5-13(16)10-14-6-4-8-17(14)18/h8,11,14,18H,2-7,9-10H2,1H3,(H2,22,23,25);10,15,23H,1-9,11-12H2,(H2,20,21,24);2,10,15H,1,3-9,11-12H2,(H2,20,21,23);1,10,15H,3-9,11-12H2,(H2,20,21,23). The normalized spacial score (nSPS) is 19.7. The molecule has 107 heavy (non-hydrogen) atoms. The number of hydrogen-bond acceptors (Lipinski definition) is 17. The van der Waals surface area contributed by atoms with Gasteiger partial charge in [0.1, 0.15) is 21.0 Å². The number of halogens is 2. The quantitative estimate of drug-likeness (QED) is 0.0316. The number of aryl methyl sites for hydroxylation is 8. The number of alkyl halides is 2. The van der Waals surface area contributed by atoms with Gasteiger partial charge in [-0.1, -0.05) is 36.3 Å². The third-order valence-corrected chi connectivity index (χ3v) is 30.0. The average molecular weight is 1560 g/mol. The number of aliphatic hydroxyl groups excluding tert-OH is 1. The molecule has 4 aliphatic heterocycles. The van der Waals surface area contributed by atoms with Crippen LogP contribution in [-0.4, -0.2) is 195 Å². The van der Waals surface area contributed by atoms with Crippen LogP contribution in [0.2, 0.25) is 0 Å². The number of likely N-dealkylation sites (tertiary alicyclic amines) is 4. The van der Waals surface area contributed by atoms with E-state index in [1.807, 2.05) is 14.7 Å². The maximum absolute atomic E-state index is 12.7. The van der Waals surface area contributed by atoms with Crippen LogP contribution in [0.4, 0.5) is 50.7 Å². The molecule has 1 unspecified atom stereocenters. The zero-order valence-corrected chi connectivity index (χ0v) is 64.1. The molecule has 25 nitrogen and oxygen atoms in total. The first-order chi connectivity index (χ1) is 51.2. The van der Waals surface area contributed by atoms with Gasteiger partial charge in [-0.3, -0.25) is 14.7 Å². The lowest BCUT2D eigenvalue weighted by molar-refractivity contribution is 0.00657. The number of nitrogens with zero attached hydrogens (tertiary/aromatic N) is 4. The fraction of sp³-hybridized carbons (Fsp3) is 0.579. The van der Waals surface area contributed by atoms with Crippen molar-refractivity contribution in [2.24, 2.45) is 0 Å². The van der Waals surface area contributed by atoms with Gasteiger partial charge in [-0.05, 0) is 256 Å². The highest BCUT2D eigenvalue weighted by Gasteiger charge is 2.44. The molecule has 31 heteroatoms. The van der Waals surface area contributed by atoms with E-state index in [-0.39, 0.29) is 19.7 Å². The molecule has 4 saturated heterocycles. The van der Waals surface area contributed by atoms with Crippen molar-refractivity contribution < 1.29 is 66.7 Å². The van der Waals surface area contributed by atoms with Crippen molar-refractivity contribution in [1.82, 2.24) is 38.5 Å². The second kappa shape index (κ2) is 32.7. The van der Waals surface area contributed by atoms with E-state index < -0.39 is 97.7 Å². The Hall–Kier alpha value is -7.28. The van der Waals surface area contributed by atoms with E-state index in [1.54, 1.807) is 6.08 Å². The van der Waals surface area contributed by atoms with Gasteiger partial charge >= 0.3 is 24.1 Å². The number of nitrogens with one attached hydrogen (secondary N) is 8. The van der Waals surface area contributed by atoms with Crippen molar-refractivity contribution in [1.29, 1.82) is 0 Å². The number of fused-ring (bicyclic) bond motifs is 8. The molecule has 0 saturated carbocycles. The van der Waals surface area contributed by atoms with Crippen molar-refractivity contribution in [3.63, 3.8) is 0 Å². The summed E-state index contributed by atoms with van der Waals surface area (Å²) < 4.78 is 134. The molecule has 0 spiro atoms. The predicted molar refractivity (Wildman–Crippen MR) is 409 cm³/mol. The summed E-state index contributed by atoms with van der Waals surface area (Å²) in [5.74, 6) is 2.49. The number of hydrogen-bond donors (Lipinski definition) is 9. The first kappa shape index (κ1) is 77.9. The van der Waals surface area contributed by atoms with E-state index in [0.29, 0.717) is 65.3 Å². The van der Waals surface area contributed by atoms with Gasteiger partial charge in [-0.2, -0.15) is 0 Å². The molecule has 8 amide bonds. The number of urea groups is 4. The van der Waals surface area contributed by atoms with Crippen LogP contribution in [0.25, 0.3) is 0 Å². The van der Waals surface area contributed by atoms with Gasteiger partial charge in [-0.15, -0.1) is 13.0 Å². The van der Waals surface area contributed by atoms with Crippen molar-refractivity contribution >= 4 is 87.0 Å². The Balaban J connectivity index is 0.000000126. The minimum Gasteiger partial charge on any atom is -0.396 e. The largest absolute Gasteiger partial charge is 0.396 e. The van der Waals surface area contributed by atoms with Crippen molar-refractivity contribution in [2.75, 3.05) is 99.9 Å². The first-order valence-corrected chi connectivity index (χ1v) is 44.2. The number of benzene rings is 4. The highest BCUT2D eigenvalue weighted by Crippen LogP contribution is 2.43. The zero-order valence-electron chi connectivity index (χ0n) is 60.8. The summed E-state index contributed by atoms with van der Waals surface area (Å²) in [5, 5.41) is 17.7. The topological polar surface area (TPSA) is 334 Å². The number of terminal acetylenes is 1. The number of anilines is 4. The lowest BCUT2D eigenvalue weighted by Gasteiger charge is -2.41. The first-order valence-electron chi connectivity index (χ1n) is 38.0. The second-order valence-corrected chi connectivity index (χ2v) is 38.4. The number of sulfonamides is 4. The van der Waals surface area contributed by atoms with Crippen LogP contribution >= 0.6 is 0 Å². The molecule has 16 rings (SSSR count). The van der Waals surface area contributed by atoms with E-state index in [4.69, 9.17) is 11.5 Å². The number of rotatable bonds is 20. The molecule has 0 bridgehead atoms. The Morgan fingerprint density at radius 3 is 0.944 bits per heavy atom. The van der Waals surface area contributed by atoms with Crippen LogP contribution in [0, 0.1) is 12.3 Å². The van der Waals surface area contributed by atoms with Gasteiger partial charge in [0.15, 0.2) is 0 Å². The number of amides is 8. The summed E-state index contributed by atoms with van der Waals surface area (Å²) >= 11 is 0. The number of aliphatic hydroxyl groups is 1. The second-order valence-electron chi connectivity index (χ2n) is 30.6. The smallest absolute Gasteiger partial charge is 0.332 e. The van der Waals surface area contributed by atoms with Gasteiger partial charge in [0.25, 0.3) is 6.43 Å². The maximum atomic E-state index is 12.7. The molecular weight excluding hydrogens is 1460 g/mol. The van der Waals surface area contributed by atoms with Crippen molar-refractivity contribution in [3.8, 4) is 12.3 Å². The van der Waals surface area contributed by atoms with Crippen molar-refractivity contribution in [3.05, 3.63) is 126 Å². The van der Waals surface area contributed by atoms with Crippen LogP contribution in [-0.2, 0) is 143 Å². The molecule has 1 atom stereocenters. The highest BCUT2D eigenvalue weighted by atomic mass is 32.2. The van der Waals surface area contributed by atoms with E-state index in [0.717, 1.165) is 188 Å². The number of carbonyl (C=O) groups excluding carboxylic acids is 4. The fourth-order valence-electron chi connectivity index (χ4n) is 17.7. The molecule has 0 radical (unpaired) electrons. The highest BCUT2D eigenvalue weighted by molar-refractivity contribution is 7.91. The average Bonchev–Trinajstić information content (AvgIpc) is 1.77. The summed E-state index contributed by atoms with van der Waals surface area (Å²) in [7, 11) is -15.0. The molecule has 4 fully saturated rings. The van der Waals surface area contributed by atoms with Crippen LogP contribution in [0.15, 0.2) is 36.9 Å². The van der Waals surface area contributed by atoms with Crippen molar-refractivity contribution in [2.45, 2.75) is 201 Å². The van der Waals surface area contributed by atoms with Gasteiger partial charge < -0.3 is 31.3 Å². The minimum atomic E-state index is -3.91. The Labute approximate surface area is 627 Å². The Bertz CT molecular complexity index is 4540. The maximum Gasteiger partial charge on any atom is 0.332 e. The van der Waals surface area contributed by atoms with Crippen LogP contribution in [0.3, 0.4) is 0 Å². The third kappa shape index (κ3) is 17.3. The van der Waals surface area contributed by atoms with E-state index >= 15 is 0 Å². The molecule has 9 N–H and O–H groups in total. The predicted octanol–water partition coefficient (Wildman–Crippen LogP) is 7.05. The van der Waals surface area contributed by atoms with Crippen LogP contribution < -0.4 is 40.2 Å². The fourth-order valence-corrected chi connectivity index (χ4v) is 22.8. The molecule has 4 heterocycles. The molecule has 580 valence electrons. The molecule has 8 aliphatic carbocycles. The summed E-state index contributed by atoms with van der Waals surface area (Å²) in [6, 6.07) is 5.36. The molecule has 0 aromatic heterocycles. The summed E-state index contributed by atoms with van der Waals surface area (Å²) in [6.07, 6.45) is 29.3. The third-order valence-electron chi connectivity index (χ3n) is 23.5. The zero-order chi connectivity index (χ0) is 75.7. The minimum absolute atomic E-state index is 0.00422. The van der Waals surface area contributed by atoms with E-state index in [9.17, 15) is 61.6 Å². The Kier molecular flexibility index (Phi) is 23.8. The summed E-state index contributed by atoms with van der Waals surface area (Å²) in [4.78, 5) is 57.0. The lowest BCUT2D eigenvalue weighted by atomic mass is 9.99. The summed E-state index contributed by atoms with van der Waals surface area (Å²) in [6.45, 7) is 9.30. The molecular formula is C76H100F2N12O13S4. The van der Waals surface area contributed by atoms with Gasteiger partial charge in [0.2, 0.25) is 40.1 Å². The van der Waals surface area contributed by atoms with Gasteiger partial charge in [0, 0.05) is 94.8 Å². The number of carbonyl (C=O) groups is 4. The van der Waals surface area contributed by atoms with Gasteiger partial charge in [-0.25, -0.2) is 80.5 Å². The van der Waals surface area contributed by atoms with E-state index in [2.05, 4.69) is 76.9 Å². The van der Waals surface area contributed by atoms with Crippen LogP contribution in [0.1, 0.15) is 154 Å². The van der Waals surface area contributed by atoms with Crippen LogP contribution in [0.5, 0.6) is 0 Å². The molecule has 12 aliphatic rings. The Morgan fingerprint density at radius 2 is 0.701 bits per heavy atom. The molecule has 4 aromatic carbocycles. The Morgan fingerprint density at radius 1 is 0.449 bits per heavy atom. The molecule has 4 aromatic rings. The lowest BCUT2D eigenvalue weighted by Crippen LogP contribution is -2.62. The summed E-state index contributed by atoms with van der Waals surface area (Å²) in [5.41, 5.74) is 23.0. The monoisotopic (exact) mass is 1550 g/mol. The van der Waals surface area contributed by atoms with Gasteiger partial charge in [0.05, 0.1) is 12.6 Å². The van der Waals surface area contributed by atoms with E-state index in [1.165, 1.54) is 89.7 Å². The SMILES string of the molecule is C#CCN1CC(S(=O)(=O)NC(=O)Nc2c3c(cc4c2CCC4)CCC3)C1.C=CCN1CC(S(=O)(=O)NC(=O)Nc2c3c(cc4c2CCC4)CCC3)C1.CC(C(F)F)N1CC(S(=O)(=O)NC(=O)Nc2c3c(cc4c2CCC4)CCC3)C1.O=C(Nc1c2c(cc3c1CCC3)CCC2)NS(=O)(=O)C1CN(CCCO)C1.